The second kappa shape index (κ2) is 8.66. The molecule has 5 rings (SSSR count). The Labute approximate surface area is 198 Å². The number of fused-ring (bicyclic) bond motifs is 1. The molecule has 2 aromatic rings. The number of carbonyl (C=O) groups is 3. The predicted molar refractivity (Wildman–Crippen MR) is 125 cm³/mol. The Balaban J connectivity index is 1.33. The van der Waals surface area contributed by atoms with Crippen molar-refractivity contribution in [3.63, 3.8) is 0 Å². The number of aryl methyl sites for hydroxylation is 1. The van der Waals surface area contributed by atoms with Gasteiger partial charge in [-0.05, 0) is 49.9 Å². The second-order valence-corrected chi connectivity index (χ2v) is 9.31. The van der Waals surface area contributed by atoms with Gasteiger partial charge in [0.25, 0.3) is 5.91 Å². The van der Waals surface area contributed by atoms with Gasteiger partial charge in [-0.25, -0.2) is 4.79 Å². The third-order valence-corrected chi connectivity index (χ3v) is 6.93. The van der Waals surface area contributed by atoms with Gasteiger partial charge in [0, 0.05) is 13.0 Å². The minimum Gasteiger partial charge on any atom is -0.490 e. The number of urea groups is 1. The van der Waals surface area contributed by atoms with Crippen LogP contribution in [0.2, 0.25) is 0 Å². The SMILES string of the molecule is Cc1ccc(C2(C)NC(=O)N(CC(=O)N3CCCC3c3ccc4c(c3)OCCCO4)C2=O)cc1. The Morgan fingerprint density at radius 2 is 1.79 bits per heavy atom. The minimum atomic E-state index is -1.19. The van der Waals surface area contributed by atoms with Crippen LogP contribution in [0.3, 0.4) is 0 Å². The van der Waals surface area contributed by atoms with Crippen LogP contribution in [0.4, 0.5) is 4.79 Å². The molecule has 0 saturated carbocycles. The van der Waals surface area contributed by atoms with Crippen LogP contribution < -0.4 is 14.8 Å². The first kappa shape index (κ1) is 22.3. The van der Waals surface area contributed by atoms with E-state index in [1.165, 1.54) is 0 Å². The summed E-state index contributed by atoms with van der Waals surface area (Å²) >= 11 is 0. The van der Waals surface area contributed by atoms with Crippen molar-refractivity contribution in [2.75, 3.05) is 26.3 Å². The van der Waals surface area contributed by atoms with E-state index in [9.17, 15) is 14.4 Å². The van der Waals surface area contributed by atoms with E-state index in [0.29, 0.717) is 36.8 Å². The van der Waals surface area contributed by atoms with Crippen molar-refractivity contribution in [3.05, 3.63) is 59.2 Å². The maximum atomic E-state index is 13.3. The van der Waals surface area contributed by atoms with E-state index in [-0.39, 0.29) is 18.5 Å². The Morgan fingerprint density at radius 1 is 1.06 bits per heavy atom. The molecule has 0 aromatic heterocycles. The molecule has 3 aliphatic heterocycles. The van der Waals surface area contributed by atoms with E-state index < -0.39 is 17.5 Å². The zero-order chi connectivity index (χ0) is 23.9. The van der Waals surface area contributed by atoms with Crippen LogP contribution >= 0.6 is 0 Å². The molecule has 0 spiro atoms. The van der Waals surface area contributed by atoms with Gasteiger partial charge in [-0.15, -0.1) is 0 Å². The molecule has 2 aromatic carbocycles. The van der Waals surface area contributed by atoms with Crippen LogP contribution in [0.1, 0.15) is 48.9 Å². The van der Waals surface area contributed by atoms with Gasteiger partial charge < -0.3 is 19.7 Å². The Morgan fingerprint density at radius 3 is 2.56 bits per heavy atom. The molecule has 8 nitrogen and oxygen atoms in total. The zero-order valence-electron chi connectivity index (χ0n) is 19.5. The molecule has 2 unspecified atom stereocenters. The molecule has 3 heterocycles. The standard InChI is InChI=1S/C26H29N3O5/c1-17-6-9-19(10-7-17)26(2)24(31)29(25(32)27-26)16-23(30)28-12-3-5-20(28)18-8-11-21-22(15-18)34-14-4-13-33-21/h6-11,15,20H,3-5,12-14,16H2,1-2H3,(H,27,32). The fourth-order valence-corrected chi connectivity index (χ4v) is 4.95. The molecule has 3 aliphatic rings. The van der Waals surface area contributed by atoms with Crippen molar-refractivity contribution in [1.82, 2.24) is 15.1 Å². The first-order chi connectivity index (χ1) is 16.4. The lowest BCUT2D eigenvalue weighted by Crippen LogP contribution is -2.44. The predicted octanol–water partition coefficient (Wildman–Crippen LogP) is 3.29. The number of nitrogens with zero attached hydrogens (tertiary/aromatic N) is 2. The van der Waals surface area contributed by atoms with Crippen LogP contribution in [0.15, 0.2) is 42.5 Å². The minimum absolute atomic E-state index is 0.131. The van der Waals surface area contributed by atoms with Crippen LogP contribution in [-0.4, -0.2) is 53.9 Å². The fraction of sp³-hybridized carbons (Fsp3) is 0.423. The van der Waals surface area contributed by atoms with Crippen molar-refractivity contribution in [1.29, 1.82) is 0 Å². The summed E-state index contributed by atoms with van der Waals surface area (Å²) in [7, 11) is 0. The fourth-order valence-electron chi connectivity index (χ4n) is 4.95. The van der Waals surface area contributed by atoms with Crippen LogP contribution in [0.5, 0.6) is 11.5 Å². The smallest absolute Gasteiger partial charge is 0.325 e. The lowest BCUT2D eigenvalue weighted by molar-refractivity contribution is -0.139. The molecule has 34 heavy (non-hydrogen) atoms. The molecule has 2 fully saturated rings. The molecule has 0 aliphatic carbocycles. The van der Waals surface area contributed by atoms with Crippen molar-refractivity contribution in [2.24, 2.45) is 0 Å². The summed E-state index contributed by atoms with van der Waals surface area (Å²) in [5.74, 6) is 0.747. The molecule has 0 bridgehead atoms. The summed E-state index contributed by atoms with van der Waals surface area (Å²) in [6, 6.07) is 12.6. The summed E-state index contributed by atoms with van der Waals surface area (Å²) in [4.78, 5) is 42.1. The number of hydrogen-bond acceptors (Lipinski definition) is 5. The summed E-state index contributed by atoms with van der Waals surface area (Å²) < 4.78 is 11.5. The summed E-state index contributed by atoms with van der Waals surface area (Å²) in [6.07, 6.45) is 2.49. The van der Waals surface area contributed by atoms with Gasteiger partial charge in [0.15, 0.2) is 11.5 Å². The van der Waals surface area contributed by atoms with Crippen molar-refractivity contribution in [2.45, 2.75) is 44.7 Å². The Hall–Kier alpha value is -3.55. The molecule has 8 heteroatoms. The molecule has 2 saturated heterocycles. The van der Waals surface area contributed by atoms with Gasteiger partial charge in [0.05, 0.1) is 19.3 Å². The Bertz CT molecular complexity index is 1130. The summed E-state index contributed by atoms with van der Waals surface area (Å²) in [5.41, 5.74) is 1.53. The molecule has 1 N–H and O–H groups in total. The van der Waals surface area contributed by atoms with Gasteiger partial charge in [0.1, 0.15) is 12.1 Å². The molecule has 178 valence electrons. The second-order valence-electron chi connectivity index (χ2n) is 9.31. The van der Waals surface area contributed by atoms with E-state index >= 15 is 0 Å². The first-order valence-corrected chi connectivity index (χ1v) is 11.8. The monoisotopic (exact) mass is 463 g/mol. The number of imide groups is 1. The molecule has 2 atom stereocenters. The van der Waals surface area contributed by atoms with Crippen molar-refractivity contribution in [3.8, 4) is 11.5 Å². The highest BCUT2D eigenvalue weighted by atomic mass is 16.5. The van der Waals surface area contributed by atoms with E-state index in [4.69, 9.17) is 9.47 Å². The summed E-state index contributed by atoms with van der Waals surface area (Å²) in [6.45, 7) is 5.15. The molecule has 4 amide bonds. The number of carbonyl (C=O) groups excluding carboxylic acids is 3. The average Bonchev–Trinajstić information content (AvgIpc) is 3.30. The maximum absolute atomic E-state index is 13.3. The lowest BCUT2D eigenvalue weighted by Gasteiger charge is -2.27. The van der Waals surface area contributed by atoms with Gasteiger partial charge in [-0.1, -0.05) is 35.9 Å². The lowest BCUT2D eigenvalue weighted by atomic mass is 9.91. The number of nitrogens with one attached hydrogen (secondary N) is 1. The number of rotatable bonds is 4. The van der Waals surface area contributed by atoms with Crippen molar-refractivity contribution < 1.29 is 23.9 Å². The Kier molecular flexibility index (Phi) is 5.67. The average molecular weight is 464 g/mol. The van der Waals surface area contributed by atoms with Crippen LogP contribution in [0, 0.1) is 6.92 Å². The van der Waals surface area contributed by atoms with Crippen LogP contribution in [-0.2, 0) is 15.1 Å². The molecule has 0 radical (unpaired) electrons. The van der Waals surface area contributed by atoms with Gasteiger partial charge in [-0.3, -0.25) is 14.5 Å². The number of amides is 4. The number of benzene rings is 2. The highest BCUT2D eigenvalue weighted by Crippen LogP contribution is 2.38. The quantitative estimate of drug-likeness (QED) is 0.703. The van der Waals surface area contributed by atoms with Gasteiger partial charge in [0.2, 0.25) is 5.91 Å². The number of ether oxygens (including phenoxy) is 2. The topological polar surface area (TPSA) is 88.2 Å². The highest BCUT2D eigenvalue weighted by molar-refractivity contribution is 6.09. The number of likely N-dealkylation sites (tertiary alicyclic amines) is 1. The third-order valence-electron chi connectivity index (χ3n) is 6.93. The summed E-state index contributed by atoms with van der Waals surface area (Å²) in [5, 5.41) is 2.78. The highest BCUT2D eigenvalue weighted by Gasteiger charge is 2.50. The van der Waals surface area contributed by atoms with Crippen LogP contribution in [0.25, 0.3) is 0 Å². The largest absolute Gasteiger partial charge is 0.490 e. The normalized spacial score (nSPS) is 24.2. The molecular formula is C26H29N3O5. The zero-order valence-corrected chi connectivity index (χ0v) is 19.5. The van der Waals surface area contributed by atoms with E-state index in [0.717, 1.165) is 35.3 Å². The van der Waals surface area contributed by atoms with E-state index in [1.807, 2.05) is 49.4 Å². The van der Waals surface area contributed by atoms with Gasteiger partial charge >= 0.3 is 6.03 Å². The maximum Gasteiger partial charge on any atom is 0.325 e. The first-order valence-electron chi connectivity index (χ1n) is 11.8. The van der Waals surface area contributed by atoms with Crippen molar-refractivity contribution >= 4 is 17.8 Å². The van der Waals surface area contributed by atoms with E-state index in [2.05, 4.69) is 5.32 Å². The third kappa shape index (κ3) is 3.87. The van der Waals surface area contributed by atoms with Gasteiger partial charge in [-0.2, -0.15) is 0 Å². The van der Waals surface area contributed by atoms with E-state index in [1.54, 1.807) is 11.8 Å². The number of hydrogen-bond donors (Lipinski definition) is 1. The molecular weight excluding hydrogens is 434 g/mol.